The summed E-state index contributed by atoms with van der Waals surface area (Å²) in [5.41, 5.74) is 8.46. The number of halogens is 2. The van der Waals surface area contributed by atoms with Crippen molar-refractivity contribution in [3.63, 3.8) is 0 Å². The van der Waals surface area contributed by atoms with Gasteiger partial charge in [-0.25, -0.2) is 0 Å². The molecular formula is C22H28Cl2N2. The summed E-state index contributed by atoms with van der Waals surface area (Å²) in [6.45, 7) is 3.85. The van der Waals surface area contributed by atoms with Crippen LogP contribution in [0.1, 0.15) is 36.8 Å². The Bertz CT molecular complexity index is 614. The maximum Gasteiger partial charge on any atom is 0.0406 e. The van der Waals surface area contributed by atoms with Crippen molar-refractivity contribution in [3.05, 3.63) is 69.7 Å². The molecule has 3 rings (SSSR count). The molecule has 0 spiro atoms. The maximum absolute atomic E-state index is 6.04. The molecule has 2 N–H and O–H groups in total. The van der Waals surface area contributed by atoms with Gasteiger partial charge in [-0.2, -0.15) is 0 Å². The predicted octanol–water partition coefficient (Wildman–Crippen LogP) is 5.76. The van der Waals surface area contributed by atoms with Gasteiger partial charge in [0.2, 0.25) is 0 Å². The van der Waals surface area contributed by atoms with E-state index in [2.05, 4.69) is 29.2 Å². The van der Waals surface area contributed by atoms with Gasteiger partial charge in [0, 0.05) is 29.7 Å². The van der Waals surface area contributed by atoms with E-state index < -0.39 is 0 Å². The topological polar surface area (TPSA) is 29.3 Å². The van der Waals surface area contributed by atoms with E-state index >= 15 is 0 Å². The Hall–Kier alpha value is -1.06. The van der Waals surface area contributed by atoms with Gasteiger partial charge in [0.05, 0.1) is 0 Å². The van der Waals surface area contributed by atoms with Crippen LogP contribution in [0.4, 0.5) is 0 Å². The maximum atomic E-state index is 6.04. The first kappa shape index (κ1) is 19.7. The highest BCUT2D eigenvalue weighted by atomic mass is 35.5. The Morgan fingerprint density at radius 1 is 0.731 bits per heavy atom. The summed E-state index contributed by atoms with van der Waals surface area (Å²) in [6.07, 6.45) is 5.13. The van der Waals surface area contributed by atoms with Crippen LogP contribution in [-0.2, 0) is 13.1 Å². The van der Waals surface area contributed by atoms with E-state index in [9.17, 15) is 0 Å². The van der Waals surface area contributed by atoms with Crippen molar-refractivity contribution < 1.29 is 0 Å². The standard InChI is InChI=1S/C22H28Cl2N2/c23-21-9-5-19(6-10-21)15-26(16-20-7-11-22(24)12-8-20)14-18-3-1-17(13-25)2-4-18/h5-12,17-18H,1-4,13-16,25H2. The van der Waals surface area contributed by atoms with Crippen LogP contribution < -0.4 is 5.73 Å². The molecule has 0 unspecified atom stereocenters. The van der Waals surface area contributed by atoms with E-state index in [1.54, 1.807) is 0 Å². The lowest BCUT2D eigenvalue weighted by molar-refractivity contribution is 0.170. The lowest BCUT2D eigenvalue weighted by atomic mass is 9.82. The molecule has 1 fully saturated rings. The second-order valence-electron chi connectivity index (χ2n) is 7.55. The van der Waals surface area contributed by atoms with E-state index in [0.717, 1.165) is 48.1 Å². The molecule has 0 bridgehead atoms. The normalized spacial score (nSPS) is 20.5. The fourth-order valence-electron chi connectivity index (χ4n) is 3.90. The molecule has 0 radical (unpaired) electrons. The minimum atomic E-state index is 0.729. The zero-order chi connectivity index (χ0) is 18.4. The Morgan fingerprint density at radius 2 is 1.15 bits per heavy atom. The van der Waals surface area contributed by atoms with Gasteiger partial charge in [-0.1, -0.05) is 47.5 Å². The molecule has 26 heavy (non-hydrogen) atoms. The molecule has 1 aliphatic carbocycles. The molecule has 0 atom stereocenters. The van der Waals surface area contributed by atoms with Crippen LogP contribution in [0.25, 0.3) is 0 Å². The largest absolute Gasteiger partial charge is 0.330 e. The summed E-state index contributed by atoms with van der Waals surface area (Å²) in [4.78, 5) is 2.56. The number of rotatable bonds is 7. The third kappa shape index (κ3) is 5.99. The summed E-state index contributed by atoms with van der Waals surface area (Å²) in [5, 5.41) is 1.58. The van der Waals surface area contributed by atoms with Crippen LogP contribution in [0.5, 0.6) is 0 Å². The van der Waals surface area contributed by atoms with Crippen LogP contribution in [0, 0.1) is 11.8 Å². The van der Waals surface area contributed by atoms with Gasteiger partial charge in [0.15, 0.2) is 0 Å². The van der Waals surface area contributed by atoms with Crippen LogP contribution in [0.15, 0.2) is 48.5 Å². The average Bonchev–Trinajstić information content (AvgIpc) is 2.66. The second-order valence-corrected chi connectivity index (χ2v) is 8.42. The molecule has 2 aromatic carbocycles. The third-order valence-electron chi connectivity index (χ3n) is 5.45. The van der Waals surface area contributed by atoms with Gasteiger partial charge in [0.1, 0.15) is 0 Å². The summed E-state index contributed by atoms with van der Waals surface area (Å²) >= 11 is 12.1. The Kier molecular flexibility index (Phi) is 7.39. The third-order valence-corrected chi connectivity index (χ3v) is 5.96. The molecule has 0 saturated heterocycles. The highest BCUT2D eigenvalue weighted by Crippen LogP contribution is 2.29. The first-order valence-electron chi connectivity index (χ1n) is 9.53. The van der Waals surface area contributed by atoms with Gasteiger partial charge < -0.3 is 5.73 Å². The van der Waals surface area contributed by atoms with Crippen molar-refractivity contribution in [2.75, 3.05) is 13.1 Å². The van der Waals surface area contributed by atoms with E-state index in [4.69, 9.17) is 28.9 Å². The molecule has 1 saturated carbocycles. The highest BCUT2D eigenvalue weighted by molar-refractivity contribution is 6.30. The molecule has 0 aliphatic heterocycles. The van der Waals surface area contributed by atoms with Crippen molar-refractivity contribution in [3.8, 4) is 0 Å². The van der Waals surface area contributed by atoms with Gasteiger partial charge >= 0.3 is 0 Å². The van der Waals surface area contributed by atoms with E-state index in [1.807, 2.05) is 24.3 Å². The Labute approximate surface area is 167 Å². The van der Waals surface area contributed by atoms with Crippen LogP contribution in [0.2, 0.25) is 10.0 Å². The van der Waals surface area contributed by atoms with Crippen LogP contribution in [0.3, 0.4) is 0 Å². The van der Waals surface area contributed by atoms with E-state index in [-0.39, 0.29) is 0 Å². The minimum absolute atomic E-state index is 0.729. The number of nitrogens with zero attached hydrogens (tertiary/aromatic N) is 1. The summed E-state index contributed by atoms with van der Waals surface area (Å²) in [6, 6.07) is 16.4. The molecule has 4 heteroatoms. The number of hydrogen-bond donors (Lipinski definition) is 1. The zero-order valence-electron chi connectivity index (χ0n) is 15.2. The second kappa shape index (κ2) is 9.75. The lowest BCUT2D eigenvalue weighted by Crippen LogP contribution is -2.32. The summed E-state index contributed by atoms with van der Waals surface area (Å²) in [5.74, 6) is 1.49. The van der Waals surface area contributed by atoms with Crippen molar-refractivity contribution in [1.82, 2.24) is 4.90 Å². The first-order chi connectivity index (χ1) is 12.6. The number of nitrogens with two attached hydrogens (primary N) is 1. The van der Waals surface area contributed by atoms with Gasteiger partial charge in [0.25, 0.3) is 0 Å². The molecule has 0 aromatic heterocycles. The van der Waals surface area contributed by atoms with Gasteiger partial charge in [-0.3, -0.25) is 4.90 Å². The van der Waals surface area contributed by atoms with Crippen molar-refractivity contribution >= 4 is 23.2 Å². The molecule has 2 nitrogen and oxygen atoms in total. The zero-order valence-corrected chi connectivity index (χ0v) is 16.7. The molecular weight excluding hydrogens is 363 g/mol. The SMILES string of the molecule is NCC1CCC(CN(Cc2ccc(Cl)cc2)Cc2ccc(Cl)cc2)CC1. The molecule has 1 aliphatic rings. The van der Waals surface area contributed by atoms with E-state index in [0.29, 0.717) is 0 Å². The average molecular weight is 391 g/mol. The highest BCUT2D eigenvalue weighted by Gasteiger charge is 2.22. The first-order valence-corrected chi connectivity index (χ1v) is 10.3. The van der Waals surface area contributed by atoms with Crippen molar-refractivity contribution in [2.24, 2.45) is 17.6 Å². The molecule has 0 amide bonds. The number of hydrogen-bond acceptors (Lipinski definition) is 2. The predicted molar refractivity (Wildman–Crippen MR) is 112 cm³/mol. The fourth-order valence-corrected chi connectivity index (χ4v) is 4.15. The number of benzene rings is 2. The van der Waals surface area contributed by atoms with Crippen molar-refractivity contribution in [1.29, 1.82) is 0 Å². The van der Waals surface area contributed by atoms with Crippen molar-refractivity contribution in [2.45, 2.75) is 38.8 Å². The van der Waals surface area contributed by atoms with Gasteiger partial charge in [-0.15, -0.1) is 0 Å². The molecule has 140 valence electrons. The lowest BCUT2D eigenvalue weighted by Gasteiger charge is -2.32. The van der Waals surface area contributed by atoms with Gasteiger partial charge in [-0.05, 0) is 79.5 Å². The van der Waals surface area contributed by atoms with Crippen LogP contribution in [-0.4, -0.2) is 18.0 Å². The summed E-state index contributed by atoms with van der Waals surface area (Å²) < 4.78 is 0. The fraction of sp³-hybridized carbons (Fsp3) is 0.455. The summed E-state index contributed by atoms with van der Waals surface area (Å²) in [7, 11) is 0. The Balaban J connectivity index is 1.66. The van der Waals surface area contributed by atoms with Crippen LogP contribution >= 0.6 is 23.2 Å². The monoisotopic (exact) mass is 390 g/mol. The Morgan fingerprint density at radius 3 is 1.58 bits per heavy atom. The quantitative estimate of drug-likeness (QED) is 0.650. The smallest absolute Gasteiger partial charge is 0.0406 e. The molecule has 0 heterocycles. The minimum Gasteiger partial charge on any atom is -0.330 e. The molecule has 2 aromatic rings. The van der Waals surface area contributed by atoms with E-state index in [1.165, 1.54) is 36.8 Å².